The van der Waals surface area contributed by atoms with E-state index in [0.29, 0.717) is 19.8 Å². The molecule has 2 aromatic carbocycles. The summed E-state index contributed by atoms with van der Waals surface area (Å²) in [4.78, 5) is 12.4. The second-order valence-corrected chi connectivity index (χ2v) is 6.49. The molecular formula is C20H21F2NO2. The summed E-state index contributed by atoms with van der Waals surface area (Å²) in [6.45, 7) is 3.54. The quantitative estimate of drug-likeness (QED) is 0.916. The van der Waals surface area contributed by atoms with Gasteiger partial charge in [0.25, 0.3) is 5.91 Å². The van der Waals surface area contributed by atoms with Gasteiger partial charge in [-0.15, -0.1) is 0 Å². The number of nitrogens with one attached hydrogen (secondary N) is 1. The molecule has 1 aliphatic heterocycles. The van der Waals surface area contributed by atoms with E-state index in [4.69, 9.17) is 4.74 Å². The topological polar surface area (TPSA) is 38.3 Å². The predicted molar refractivity (Wildman–Crippen MR) is 91.6 cm³/mol. The average molecular weight is 345 g/mol. The van der Waals surface area contributed by atoms with E-state index in [0.717, 1.165) is 36.1 Å². The van der Waals surface area contributed by atoms with Crippen LogP contribution in [0.5, 0.6) is 0 Å². The van der Waals surface area contributed by atoms with Crippen LogP contribution in [0.4, 0.5) is 8.78 Å². The largest absolute Gasteiger partial charge is 0.381 e. The summed E-state index contributed by atoms with van der Waals surface area (Å²) in [5, 5.41) is 2.74. The van der Waals surface area contributed by atoms with Gasteiger partial charge >= 0.3 is 0 Å². The first-order valence-corrected chi connectivity index (χ1v) is 8.40. The zero-order valence-corrected chi connectivity index (χ0v) is 14.1. The SMILES string of the molecule is Cc1ccccc1C1(CNC(=O)c2c(F)cccc2F)CCOCC1. The molecule has 0 radical (unpaired) electrons. The molecule has 5 heteroatoms. The lowest BCUT2D eigenvalue weighted by Crippen LogP contribution is -2.45. The fourth-order valence-electron chi connectivity index (χ4n) is 3.52. The normalized spacial score (nSPS) is 16.4. The van der Waals surface area contributed by atoms with Crippen molar-refractivity contribution in [3.05, 3.63) is 70.8 Å². The minimum absolute atomic E-state index is 0.291. The van der Waals surface area contributed by atoms with E-state index in [1.54, 1.807) is 0 Å². The van der Waals surface area contributed by atoms with Crippen molar-refractivity contribution in [3.63, 3.8) is 0 Å². The van der Waals surface area contributed by atoms with Crippen LogP contribution in [0.15, 0.2) is 42.5 Å². The Labute approximate surface area is 146 Å². The third-order valence-electron chi connectivity index (χ3n) is 4.94. The lowest BCUT2D eigenvalue weighted by molar-refractivity contribution is 0.0484. The summed E-state index contributed by atoms with van der Waals surface area (Å²) in [5.74, 6) is -2.43. The number of benzene rings is 2. The smallest absolute Gasteiger partial charge is 0.257 e. The molecule has 2 aromatic rings. The fourth-order valence-corrected chi connectivity index (χ4v) is 3.52. The van der Waals surface area contributed by atoms with Gasteiger partial charge in [-0.25, -0.2) is 8.78 Å². The van der Waals surface area contributed by atoms with Crippen molar-refractivity contribution in [1.82, 2.24) is 5.32 Å². The first kappa shape index (κ1) is 17.5. The number of halogens is 2. The Balaban J connectivity index is 1.85. The van der Waals surface area contributed by atoms with Gasteiger partial charge in [0.15, 0.2) is 0 Å². The second kappa shape index (κ2) is 7.31. The highest BCUT2D eigenvalue weighted by molar-refractivity contribution is 5.94. The summed E-state index contributed by atoms with van der Waals surface area (Å²) in [6, 6.07) is 11.4. The van der Waals surface area contributed by atoms with Gasteiger partial charge in [-0.2, -0.15) is 0 Å². The molecule has 1 aliphatic rings. The molecule has 0 aromatic heterocycles. The molecule has 1 heterocycles. The molecule has 0 atom stereocenters. The van der Waals surface area contributed by atoms with E-state index in [1.165, 1.54) is 6.07 Å². The molecule has 0 bridgehead atoms. The highest BCUT2D eigenvalue weighted by Crippen LogP contribution is 2.36. The van der Waals surface area contributed by atoms with Crippen LogP contribution in [0.2, 0.25) is 0 Å². The van der Waals surface area contributed by atoms with Gasteiger partial charge in [0.1, 0.15) is 17.2 Å². The predicted octanol–water partition coefficient (Wildman–Crippen LogP) is 3.75. The summed E-state index contributed by atoms with van der Waals surface area (Å²) < 4.78 is 33.1. The van der Waals surface area contributed by atoms with E-state index in [2.05, 4.69) is 11.4 Å². The maximum atomic E-state index is 13.8. The Morgan fingerprint density at radius 1 is 1.08 bits per heavy atom. The summed E-state index contributed by atoms with van der Waals surface area (Å²) >= 11 is 0. The average Bonchev–Trinajstić information content (AvgIpc) is 2.61. The van der Waals surface area contributed by atoms with Crippen LogP contribution in [-0.4, -0.2) is 25.7 Å². The van der Waals surface area contributed by atoms with Crippen molar-refractivity contribution in [2.75, 3.05) is 19.8 Å². The van der Waals surface area contributed by atoms with Crippen LogP contribution < -0.4 is 5.32 Å². The van der Waals surface area contributed by atoms with Crippen molar-refractivity contribution < 1.29 is 18.3 Å². The third kappa shape index (κ3) is 3.56. The van der Waals surface area contributed by atoms with Crippen molar-refractivity contribution >= 4 is 5.91 Å². The summed E-state index contributed by atoms with van der Waals surface area (Å²) in [6.07, 6.45) is 1.50. The van der Waals surface area contributed by atoms with E-state index < -0.39 is 23.1 Å². The molecule has 3 nitrogen and oxygen atoms in total. The Kier molecular flexibility index (Phi) is 5.13. The molecule has 1 fully saturated rings. The Morgan fingerprint density at radius 3 is 2.36 bits per heavy atom. The molecule has 1 saturated heterocycles. The molecule has 0 unspecified atom stereocenters. The van der Waals surface area contributed by atoms with Crippen LogP contribution >= 0.6 is 0 Å². The van der Waals surface area contributed by atoms with Gasteiger partial charge in [0, 0.05) is 25.2 Å². The van der Waals surface area contributed by atoms with Crippen molar-refractivity contribution in [1.29, 1.82) is 0 Å². The second-order valence-electron chi connectivity index (χ2n) is 6.49. The van der Waals surface area contributed by atoms with Crippen LogP contribution in [-0.2, 0) is 10.2 Å². The van der Waals surface area contributed by atoms with E-state index in [1.807, 2.05) is 25.1 Å². The number of hydrogen-bond acceptors (Lipinski definition) is 2. The standard InChI is InChI=1S/C20H21F2NO2/c1-14-5-2-3-6-15(14)20(9-11-25-12-10-20)13-23-19(24)18-16(21)7-4-8-17(18)22/h2-8H,9-13H2,1H3,(H,23,24). The monoisotopic (exact) mass is 345 g/mol. The van der Waals surface area contributed by atoms with Gasteiger partial charge in [0.2, 0.25) is 0 Å². The van der Waals surface area contributed by atoms with Gasteiger partial charge in [-0.1, -0.05) is 30.3 Å². The Morgan fingerprint density at radius 2 is 1.72 bits per heavy atom. The van der Waals surface area contributed by atoms with Gasteiger partial charge in [0.05, 0.1) is 0 Å². The molecule has 3 rings (SSSR count). The van der Waals surface area contributed by atoms with Crippen LogP contribution in [0.3, 0.4) is 0 Å². The molecule has 0 aliphatic carbocycles. The Hall–Kier alpha value is -2.27. The van der Waals surface area contributed by atoms with E-state index in [9.17, 15) is 13.6 Å². The third-order valence-corrected chi connectivity index (χ3v) is 4.94. The van der Waals surface area contributed by atoms with Gasteiger partial charge < -0.3 is 10.1 Å². The maximum Gasteiger partial charge on any atom is 0.257 e. The number of rotatable bonds is 4. The number of hydrogen-bond donors (Lipinski definition) is 1. The number of ether oxygens (including phenoxy) is 1. The number of carbonyl (C=O) groups excluding carboxylic acids is 1. The minimum Gasteiger partial charge on any atom is -0.381 e. The molecule has 0 spiro atoms. The van der Waals surface area contributed by atoms with Crippen LogP contribution in [0.25, 0.3) is 0 Å². The number of amides is 1. The first-order chi connectivity index (χ1) is 12.0. The van der Waals surface area contributed by atoms with Gasteiger partial charge in [-0.05, 0) is 43.0 Å². The van der Waals surface area contributed by atoms with Crippen molar-refractivity contribution in [2.24, 2.45) is 0 Å². The number of carbonyl (C=O) groups is 1. The van der Waals surface area contributed by atoms with Crippen LogP contribution in [0.1, 0.15) is 34.3 Å². The number of aryl methyl sites for hydroxylation is 1. The molecular weight excluding hydrogens is 324 g/mol. The van der Waals surface area contributed by atoms with Crippen molar-refractivity contribution in [2.45, 2.75) is 25.2 Å². The van der Waals surface area contributed by atoms with Crippen LogP contribution in [0, 0.1) is 18.6 Å². The first-order valence-electron chi connectivity index (χ1n) is 8.40. The molecule has 0 saturated carbocycles. The highest BCUT2D eigenvalue weighted by atomic mass is 19.1. The molecule has 1 N–H and O–H groups in total. The minimum atomic E-state index is -0.852. The maximum absolute atomic E-state index is 13.8. The van der Waals surface area contributed by atoms with E-state index >= 15 is 0 Å². The zero-order chi connectivity index (χ0) is 17.9. The highest BCUT2D eigenvalue weighted by Gasteiger charge is 2.36. The molecule has 132 valence electrons. The van der Waals surface area contributed by atoms with Gasteiger partial charge in [-0.3, -0.25) is 4.79 Å². The van der Waals surface area contributed by atoms with E-state index in [-0.39, 0.29) is 5.41 Å². The Bertz CT molecular complexity index is 750. The summed E-state index contributed by atoms with van der Waals surface area (Å²) in [7, 11) is 0. The van der Waals surface area contributed by atoms with Crippen molar-refractivity contribution in [3.8, 4) is 0 Å². The lowest BCUT2D eigenvalue weighted by Gasteiger charge is -2.39. The summed E-state index contributed by atoms with van der Waals surface area (Å²) in [5.41, 5.74) is 1.46. The fraction of sp³-hybridized carbons (Fsp3) is 0.350. The molecule has 1 amide bonds. The zero-order valence-electron chi connectivity index (χ0n) is 14.1. The molecule has 25 heavy (non-hydrogen) atoms. The lowest BCUT2D eigenvalue weighted by atomic mass is 9.72.